The highest BCUT2D eigenvalue weighted by Crippen LogP contribution is 2.26. The van der Waals surface area contributed by atoms with Gasteiger partial charge >= 0.3 is 5.97 Å². The van der Waals surface area contributed by atoms with E-state index >= 15 is 0 Å². The fraction of sp³-hybridized carbons (Fsp3) is 0.529. The van der Waals surface area contributed by atoms with Crippen LogP contribution in [-0.4, -0.2) is 24.0 Å². The summed E-state index contributed by atoms with van der Waals surface area (Å²) in [6.07, 6.45) is 0.765. The Hall–Kier alpha value is -1.43. The topological polar surface area (TPSA) is 55.4 Å². The average molecular weight is 388 g/mol. The molecule has 0 radical (unpaired) electrons. The molecule has 1 amide bonds. The van der Waals surface area contributed by atoms with Crippen molar-refractivity contribution in [2.75, 3.05) is 6.61 Å². The van der Waals surface area contributed by atoms with Gasteiger partial charge in [0.05, 0.1) is 5.56 Å². The Bertz CT molecular complexity index is 594. The van der Waals surface area contributed by atoms with Crippen LogP contribution in [0.4, 0.5) is 4.39 Å². The van der Waals surface area contributed by atoms with Crippen molar-refractivity contribution < 1.29 is 18.7 Å². The van der Waals surface area contributed by atoms with E-state index in [9.17, 15) is 14.0 Å². The Labute approximate surface area is 144 Å². The minimum Gasteiger partial charge on any atom is -0.452 e. The monoisotopic (exact) mass is 387 g/mol. The highest BCUT2D eigenvalue weighted by Gasteiger charge is 2.27. The third-order valence-electron chi connectivity index (χ3n) is 2.94. The molecule has 0 saturated heterocycles. The molecule has 1 rings (SSSR count). The molecule has 0 aliphatic rings. The highest BCUT2D eigenvalue weighted by atomic mass is 79.9. The second-order valence-corrected chi connectivity index (χ2v) is 8.29. The summed E-state index contributed by atoms with van der Waals surface area (Å²) in [7, 11) is 0. The molecule has 0 fully saturated rings. The first-order valence-electron chi connectivity index (χ1n) is 7.33. The van der Waals surface area contributed by atoms with E-state index < -0.39 is 29.8 Å². The number of carbonyl (C=O) groups is 2. The molecule has 23 heavy (non-hydrogen) atoms. The predicted molar refractivity (Wildman–Crippen MR) is 90.7 cm³/mol. The van der Waals surface area contributed by atoms with Crippen LogP contribution in [-0.2, 0) is 9.53 Å². The van der Waals surface area contributed by atoms with Crippen LogP contribution in [0, 0.1) is 11.2 Å². The number of halogens is 2. The standard InChI is InChI=1S/C17H23BrFNO3/c1-16(2,3)10-17(4,5)20-14(21)9-23-15(22)12-7-6-11(18)8-13(12)19/h6-8H,9-10H2,1-5H3,(H,20,21). The summed E-state index contributed by atoms with van der Waals surface area (Å²) < 4.78 is 19.1. The van der Waals surface area contributed by atoms with Crippen molar-refractivity contribution in [2.45, 2.75) is 46.6 Å². The zero-order chi connectivity index (χ0) is 17.8. The van der Waals surface area contributed by atoms with Gasteiger partial charge in [-0.1, -0.05) is 36.7 Å². The van der Waals surface area contributed by atoms with Crippen LogP contribution in [0.5, 0.6) is 0 Å². The molecule has 0 spiro atoms. The quantitative estimate of drug-likeness (QED) is 0.774. The second kappa shape index (κ2) is 7.43. The molecule has 1 N–H and O–H groups in total. The first-order chi connectivity index (χ1) is 10.4. The fourth-order valence-corrected chi connectivity index (χ4v) is 2.98. The third kappa shape index (κ3) is 7.12. The van der Waals surface area contributed by atoms with Crippen molar-refractivity contribution in [3.8, 4) is 0 Å². The van der Waals surface area contributed by atoms with Gasteiger partial charge in [-0.3, -0.25) is 4.79 Å². The molecule has 6 heteroatoms. The molecular formula is C17H23BrFNO3. The lowest BCUT2D eigenvalue weighted by Gasteiger charge is -2.33. The van der Waals surface area contributed by atoms with Crippen LogP contribution >= 0.6 is 15.9 Å². The predicted octanol–water partition coefficient (Wildman–Crippen LogP) is 4.08. The molecule has 0 saturated carbocycles. The number of carbonyl (C=O) groups excluding carboxylic acids is 2. The van der Waals surface area contributed by atoms with Gasteiger partial charge in [-0.15, -0.1) is 0 Å². The normalized spacial score (nSPS) is 12.0. The van der Waals surface area contributed by atoms with E-state index in [4.69, 9.17) is 4.74 Å². The maximum absolute atomic E-state index is 13.7. The highest BCUT2D eigenvalue weighted by molar-refractivity contribution is 9.10. The van der Waals surface area contributed by atoms with E-state index in [0.717, 1.165) is 6.42 Å². The van der Waals surface area contributed by atoms with Crippen molar-refractivity contribution in [3.05, 3.63) is 34.1 Å². The summed E-state index contributed by atoms with van der Waals surface area (Å²) in [5.41, 5.74) is -0.575. The van der Waals surface area contributed by atoms with Crippen LogP contribution in [0.25, 0.3) is 0 Å². The van der Waals surface area contributed by atoms with Crippen molar-refractivity contribution in [1.29, 1.82) is 0 Å². The van der Waals surface area contributed by atoms with Crippen LogP contribution in [0.3, 0.4) is 0 Å². The number of hydrogen-bond donors (Lipinski definition) is 1. The Balaban J connectivity index is 2.57. The zero-order valence-electron chi connectivity index (χ0n) is 14.1. The summed E-state index contributed by atoms with van der Waals surface area (Å²) >= 11 is 3.11. The number of nitrogens with one attached hydrogen (secondary N) is 1. The van der Waals surface area contributed by atoms with E-state index in [1.54, 1.807) is 0 Å². The Morgan fingerprint density at radius 1 is 1.22 bits per heavy atom. The lowest BCUT2D eigenvalue weighted by molar-refractivity contribution is -0.126. The molecule has 0 bridgehead atoms. The molecule has 0 aromatic heterocycles. The molecule has 1 aromatic rings. The smallest absolute Gasteiger partial charge is 0.341 e. The number of esters is 1. The zero-order valence-corrected chi connectivity index (χ0v) is 15.7. The summed E-state index contributed by atoms with van der Waals surface area (Å²) in [5, 5.41) is 2.83. The van der Waals surface area contributed by atoms with Gasteiger partial charge < -0.3 is 10.1 Å². The van der Waals surface area contributed by atoms with Crippen molar-refractivity contribution in [1.82, 2.24) is 5.32 Å². The minimum atomic E-state index is -0.862. The lowest BCUT2D eigenvalue weighted by Crippen LogP contribution is -2.47. The van der Waals surface area contributed by atoms with Gasteiger partial charge in [0, 0.05) is 10.0 Å². The first-order valence-corrected chi connectivity index (χ1v) is 8.12. The van der Waals surface area contributed by atoms with Crippen molar-refractivity contribution in [3.63, 3.8) is 0 Å². The second-order valence-electron chi connectivity index (χ2n) is 7.37. The summed E-state index contributed by atoms with van der Waals surface area (Å²) in [5.74, 6) is -1.97. The molecule has 0 aliphatic heterocycles. The molecule has 1 aromatic carbocycles. The van der Waals surface area contributed by atoms with E-state index in [1.165, 1.54) is 18.2 Å². The van der Waals surface area contributed by atoms with E-state index in [-0.39, 0.29) is 11.0 Å². The SMILES string of the molecule is CC(C)(C)CC(C)(C)NC(=O)COC(=O)c1ccc(Br)cc1F. The van der Waals surface area contributed by atoms with Crippen LogP contribution in [0.2, 0.25) is 0 Å². The third-order valence-corrected chi connectivity index (χ3v) is 3.43. The molecule has 0 atom stereocenters. The largest absolute Gasteiger partial charge is 0.452 e. The molecule has 128 valence electrons. The maximum atomic E-state index is 13.7. The van der Waals surface area contributed by atoms with Crippen LogP contribution in [0.1, 0.15) is 51.4 Å². The number of rotatable bonds is 5. The first kappa shape index (κ1) is 19.6. The van der Waals surface area contributed by atoms with Gasteiger partial charge in [0.25, 0.3) is 5.91 Å². The summed E-state index contributed by atoms with van der Waals surface area (Å²) in [4.78, 5) is 23.7. The van der Waals surface area contributed by atoms with Gasteiger partial charge in [-0.05, 0) is 43.9 Å². The van der Waals surface area contributed by atoms with E-state index in [2.05, 4.69) is 42.0 Å². The number of hydrogen-bond acceptors (Lipinski definition) is 3. The van der Waals surface area contributed by atoms with Crippen LogP contribution < -0.4 is 5.32 Å². The van der Waals surface area contributed by atoms with Gasteiger partial charge in [0.1, 0.15) is 5.82 Å². The molecule has 4 nitrogen and oxygen atoms in total. The van der Waals surface area contributed by atoms with Gasteiger partial charge in [-0.2, -0.15) is 0 Å². The molecule has 0 aliphatic carbocycles. The van der Waals surface area contributed by atoms with E-state index in [0.29, 0.717) is 4.47 Å². The summed E-state index contributed by atoms with van der Waals surface area (Å²) in [6.45, 7) is 9.62. The number of ether oxygens (including phenoxy) is 1. The molecule has 0 heterocycles. The van der Waals surface area contributed by atoms with Crippen LogP contribution in [0.15, 0.2) is 22.7 Å². The average Bonchev–Trinajstić information content (AvgIpc) is 2.32. The summed E-state index contributed by atoms with van der Waals surface area (Å²) in [6, 6.07) is 4.01. The maximum Gasteiger partial charge on any atom is 0.341 e. The van der Waals surface area contributed by atoms with Gasteiger partial charge in [-0.25, -0.2) is 9.18 Å². The number of benzene rings is 1. The molecular weight excluding hydrogens is 365 g/mol. The number of amides is 1. The Kier molecular flexibility index (Phi) is 6.33. The van der Waals surface area contributed by atoms with Gasteiger partial charge in [0.15, 0.2) is 6.61 Å². The fourth-order valence-electron chi connectivity index (χ4n) is 2.65. The van der Waals surface area contributed by atoms with Crippen molar-refractivity contribution in [2.24, 2.45) is 5.41 Å². The Morgan fingerprint density at radius 2 is 1.83 bits per heavy atom. The van der Waals surface area contributed by atoms with E-state index in [1.807, 2.05) is 13.8 Å². The minimum absolute atomic E-state index is 0.0496. The molecule has 0 unspecified atom stereocenters. The van der Waals surface area contributed by atoms with Gasteiger partial charge in [0.2, 0.25) is 0 Å². The van der Waals surface area contributed by atoms with Crippen molar-refractivity contribution >= 4 is 27.8 Å². The Morgan fingerprint density at radius 3 is 2.35 bits per heavy atom. The lowest BCUT2D eigenvalue weighted by atomic mass is 9.82.